The van der Waals surface area contributed by atoms with Crippen molar-refractivity contribution in [3.8, 4) is 0 Å². The maximum absolute atomic E-state index is 12.5. The van der Waals surface area contributed by atoms with Crippen molar-refractivity contribution in [1.29, 1.82) is 0 Å². The zero-order chi connectivity index (χ0) is 16.6. The average molecular weight is 344 g/mol. The zero-order valence-corrected chi connectivity index (χ0v) is 13.6. The molecule has 1 amide bonds. The molecule has 23 heavy (non-hydrogen) atoms. The van der Waals surface area contributed by atoms with Gasteiger partial charge in [-0.25, -0.2) is 0 Å². The second-order valence-corrected chi connectivity index (χ2v) is 6.47. The third-order valence-corrected chi connectivity index (χ3v) is 4.48. The summed E-state index contributed by atoms with van der Waals surface area (Å²) in [7, 11) is 1.79. The van der Waals surface area contributed by atoms with Gasteiger partial charge in [0.2, 0.25) is 0 Å². The molecule has 1 aromatic carbocycles. The van der Waals surface area contributed by atoms with Crippen LogP contribution in [0.5, 0.6) is 0 Å². The molecule has 1 aromatic heterocycles. The Morgan fingerprint density at radius 1 is 1.35 bits per heavy atom. The second kappa shape index (κ2) is 5.98. The minimum Gasteiger partial charge on any atom is -0.545 e. The number of carboxylic acid groups (broad SMARTS) is 1. The molecule has 0 unspecified atom stereocenters. The van der Waals surface area contributed by atoms with Crippen LogP contribution in [0, 0.1) is 0 Å². The predicted octanol–water partition coefficient (Wildman–Crippen LogP) is 1.19. The Labute approximate surface area is 141 Å². The fraction of sp³-hybridized carbons (Fsp3) is 0.0667. The summed E-state index contributed by atoms with van der Waals surface area (Å²) in [6.45, 7) is 0. The van der Waals surface area contributed by atoms with Crippen LogP contribution in [0.1, 0.15) is 15.9 Å². The van der Waals surface area contributed by atoms with Crippen LogP contribution in [0.2, 0.25) is 0 Å². The lowest BCUT2D eigenvalue weighted by Crippen LogP contribution is -2.28. The van der Waals surface area contributed by atoms with Crippen molar-refractivity contribution in [3.63, 3.8) is 0 Å². The first-order chi connectivity index (χ1) is 11.0. The highest BCUT2D eigenvalue weighted by molar-refractivity contribution is 8.27. The van der Waals surface area contributed by atoms with Gasteiger partial charge in [-0.1, -0.05) is 36.1 Å². The van der Waals surface area contributed by atoms with Gasteiger partial charge in [-0.3, -0.25) is 14.4 Å². The highest BCUT2D eigenvalue weighted by Gasteiger charge is 2.33. The molecule has 0 atom stereocenters. The van der Waals surface area contributed by atoms with Gasteiger partial charge in [-0.05, 0) is 23.8 Å². The number of aromatic carboxylic acids is 1. The van der Waals surface area contributed by atoms with E-state index in [4.69, 9.17) is 12.2 Å². The zero-order valence-electron chi connectivity index (χ0n) is 11.9. The highest BCUT2D eigenvalue weighted by atomic mass is 32.2. The Morgan fingerprint density at radius 3 is 2.61 bits per heavy atom. The normalized spacial score (nSPS) is 16.4. The maximum atomic E-state index is 12.5. The molecular formula is C15H10N3O3S2-. The first-order valence-corrected chi connectivity index (χ1v) is 7.76. The molecule has 8 heteroatoms. The first-order valence-electron chi connectivity index (χ1n) is 6.54. The lowest BCUT2D eigenvalue weighted by atomic mass is 10.2. The number of carbonyl (C=O) groups is 2. The first kappa shape index (κ1) is 15.4. The summed E-state index contributed by atoms with van der Waals surface area (Å²) in [5, 5.41) is 14.8. The van der Waals surface area contributed by atoms with Gasteiger partial charge in [0.05, 0.1) is 22.8 Å². The number of rotatable bonds is 3. The van der Waals surface area contributed by atoms with Crippen LogP contribution in [0.25, 0.3) is 6.08 Å². The van der Waals surface area contributed by atoms with Crippen LogP contribution in [0.3, 0.4) is 0 Å². The molecule has 0 aliphatic carbocycles. The van der Waals surface area contributed by atoms with Crippen LogP contribution in [-0.2, 0) is 11.8 Å². The molecule has 1 fully saturated rings. The molecule has 1 aliphatic rings. The van der Waals surface area contributed by atoms with Gasteiger partial charge in [0.1, 0.15) is 0 Å². The summed E-state index contributed by atoms with van der Waals surface area (Å²) in [5.41, 5.74) is 1.37. The molecular weight excluding hydrogens is 334 g/mol. The Morgan fingerprint density at radius 2 is 2.04 bits per heavy atom. The van der Waals surface area contributed by atoms with Crippen LogP contribution in [-0.4, -0.2) is 26.0 Å². The van der Waals surface area contributed by atoms with E-state index in [0.29, 0.717) is 14.9 Å². The molecule has 116 valence electrons. The highest BCUT2D eigenvalue weighted by Crippen LogP contribution is 2.35. The minimum absolute atomic E-state index is 0.0464. The predicted molar refractivity (Wildman–Crippen MR) is 89.6 cm³/mol. The number of amides is 1. The molecule has 0 saturated carbocycles. The smallest absolute Gasteiger partial charge is 0.270 e. The quantitative estimate of drug-likeness (QED) is 0.615. The van der Waals surface area contributed by atoms with E-state index in [2.05, 4.69) is 5.10 Å². The van der Waals surface area contributed by atoms with E-state index in [-0.39, 0.29) is 11.5 Å². The lowest BCUT2D eigenvalue weighted by molar-refractivity contribution is -0.255. The summed E-state index contributed by atoms with van der Waals surface area (Å²) >= 11 is 6.45. The molecule has 1 saturated heterocycles. The Balaban J connectivity index is 1.89. The third-order valence-electron chi connectivity index (χ3n) is 3.18. The molecule has 0 bridgehead atoms. The summed E-state index contributed by atoms with van der Waals surface area (Å²) in [5.74, 6) is -1.51. The second-order valence-electron chi connectivity index (χ2n) is 4.80. The van der Waals surface area contributed by atoms with Crippen molar-refractivity contribution in [1.82, 2.24) is 9.78 Å². The van der Waals surface area contributed by atoms with E-state index in [1.54, 1.807) is 30.2 Å². The standard InChI is InChI=1S/C15H11N3O3S2/c1-17-8-9(7-16-17)6-12-13(19)18(15(22)23-12)11-4-2-10(3-5-11)14(20)21/h2-8H,1H3,(H,20,21)/p-1/b12-6-. The number of hydrogen-bond acceptors (Lipinski definition) is 6. The van der Waals surface area contributed by atoms with Gasteiger partial charge >= 0.3 is 0 Å². The number of aryl methyl sites for hydroxylation is 1. The molecule has 3 rings (SSSR count). The van der Waals surface area contributed by atoms with Crippen molar-refractivity contribution >= 4 is 51.9 Å². The van der Waals surface area contributed by atoms with E-state index in [1.807, 2.05) is 0 Å². The minimum atomic E-state index is -1.27. The number of carbonyl (C=O) groups excluding carboxylic acids is 2. The summed E-state index contributed by atoms with van der Waals surface area (Å²) in [6.07, 6.45) is 5.17. The third kappa shape index (κ3) is 3.03. The number of anilines is 1. The van der Waals surface area contributed by atoms with Gasteiger partial charge in [0.15, 0.2) is 4.32 Å². The molecule has 0 N–H and O–H groups in total. The molecule has 2 heterocycles. The number of thiocarbonyl (C=S) groups is 1. The molecule has 2 aromatic rings. The topological polar surface area (TPSA) is 78.3 Å². The van der Waals surface area contributed by atoms with Gasteiger partial charge in [0, 0.05) is 18.8 Å². The van der Waals surface area contributed by atoms with Crippen LogP contribution in [0.4, 0.5) is 5.69 Å². The summed E-state index contributed by atoms with van der Waals surface area (Å²) in [6, 6.07) is 5.83. The summed E-state index contributed by atoms with van der Waals surface area (Å²) in [4.78, 5) is 25.2. The SMILES string of the molecule is Cn1cc(/C=C2\SC(=S)N(c3ccc(C(=O)[O-])cc3)C2=O)cn1. The van der Waals surface area contributed by atoms with Crippen LogP contribution in [0.15, 0.2) is 41.6 Å². The molecule has 0 spiro atoms. The van der Waals surface area contributed by atoms with Crippen molar-refractivity contribution in [3.05, 3.63) is 52.7 Å². The van der Waals surface area contributed by atoms with E-state index in [9.17, 15) is 14.7 Å². The van der Waals surface area contributed by atoms with Crippen molar-refractivity contribution in [2.24, 2.45) is 7.05 Å². The number of benzene rings is 1. The van der Waals surface area contributed by atoms with Crippen molar-refractivity contribution in [2.75, 3.05) is 4.90 Å². The monoisotopic (exact) mass is 344 g/mol. The Hall–Kier alpha value is -2.45. The van der Waals surface area contributed by atoms with E-state index < -0.39 is 5.97 Å². The number of hydrogen-bond donors (Lipinski definition) is 0. The van der Waals surface area contributed by atoms with Gasteiger partial charge in [0.25, 0.3) is 5.91 Å². The van der Waals surface area contributed by atoms with Gasteiger partial charge in [-0.2, -0.15) is 5.10 Å². The Bertz CT molecular complexity index is 840. The average Bonchev–Trinajstić information content (AvgIpc) is 3.03. The van der Waals surface area contributed by atoms with E-state index in [1.165, 1.54) is 40.9 Å². The maximum Gasteiger partial charge on any atom is 0.270 e. The lowest BCUT2D eigenvalue weighted by Gasteiger charge is -2.15. The van der Waals surface area contributed by atoms with E-state index >= 15 is 0 Å². The summed E-state index contributed by atoms with van der Waals surface area (Å²) < 4.78 is 2.04. The van der Waals surface area contributed by atoms with Crippen molar-refractivity contribution < 1.29 is 14.7 Å². The van der Waals surface area contributed by atoms with Crippen LogP contribution >= 0.6 is 24.0 Å². The molecule has 0 radical (unpaired) electrons. The van der Waals surface area contributed by atoms with Crippen LogP contribution < -0.4 is 10.0 Å². The largest absolute Gasteiger partial charge is 0.545 e. The number of aromatic nitrogens is 2. The number of thioether (sulfide) groups is 1. The Kier molecular flexibility index (Phi) is 4.01. The fourth-order valence-corrected chi connectivity index (χ4v) is 3.40. The van der Waals surface area contributed by atoms with Gasteiger partial charge < -0.3 is 9.90 Å². The number of carboxylic acids is 1. The van der Waals surface area contributed by atoms with Gasteiger partial charge in [-0.15, -0.1) is 0 Å². The molecule has 1 aliphatic heterocycles. The fourth-order valence-electron chi connectivity index (χ4n) is 2.10. The number of nitrogens with zero attached hydrogens (tertiary/aromatic N) is 3. The van der Waals surface area contributed by atoms with E-state index in [0.717, 1.165) is 5.56 Å². The molecule has 6 nitrogen and oxygen atoms in total. The van der Waals surface area contributed by atoms with Crippen molar-refractivity contribution in [2.45, 2.75) is 0 Å².